The molecule has 1 rings (SSSR count). The van der Waals surface area contributed by atoms with Crippen LogP contribution in [0.2, 0.25) is 0 Å². The van der Waals surface area contributed by atoms with Gasteiger partial charge in [-0.3, -0.25) is 48.1 Å². The zero-order valence-corrected chi connectivity index (χ0v) is 29.2. The molecule has 0 aromatic rings. The molecule has 24 heteroatoms. The number of carbonyl (C=O) groups excluding carboxylic acids is 6. The van der Waals surface area contributed by atoms with E-state index in [1.165, 1.54) is 0 Å². The second-order valence-corrected chi connectivity index (χ2v) is 12.3. The van der Waals surface area contributed by atoms with Crippen molar-refractivity contribution in [1.29, 1.82) is 0 Å². The largest absolute Gasteiger partial charge is 0.481 e. The maximum Gasteiger partial charge on any atom is 0.326 e. The van der Waals surface area contributed by atoms with E-state index in [-0.39, 0.29) is 44.7 Å². The zero-order valence-electron chi connectivity index (χ0n) is 29.2. The Morgan fingerprint density at radius 2 is 1.17 bits per heavy atom. The van der Waals surface area contributed by atoms with Crippen LogP contribution in [0.4, 0.5) is 0 Å². The molecule has 24 nitrogen and oxygen atoms in total. The lowest BCUT2D eigenvalue weighted by Crippen LogP contribution is -2.59. The molecule has 1 heterocycles. The molecule has 54 heavy (non-hydrogen) atoms. The third-order valence-electron chi connectivity index (χ3n) is 7.99. The van der Waals surface area contributed by atoms with E-state index in [4.69, 9.17) is 33.1 Å². The maximum absolute atomic E-state index is 13.6. The highest BCUT2D eigenvalue weighted by Crippen LogP contribution is 2.20. The van der Waals surface area contributed by atoms with Crippen LogP contribution in [0.25, 0.3) is 0 Å². The van der Waals surface area contributed by atoms with E-state index in [1.807, 2.05) is 5.32 Å². The lowest BCUT2D eigenvalue weighted by atomic mass is 10.0. The first kappa shape index (κ1) is 46.0. The van der Waals surface area contributed by atoms with Gasteiger partial charge >= 0.3 is 23.9 Å². The van der Waals surface area contributed by atoms with Gasteiger partial charge in [-0.15, -0.1) is 0 Å². The standard InChI is InChI=1S/C30H48N10O14/c31-14(5-9-21(42)43)28(52)40-12-2-4-19(40)27(51)38-17(7-10-22(44)45)25(49)36-15(3-1-11-35-30(33)34)24(48)37-16(6-8-20(32)41)26(50)39-18(29(53)54)13-23(46)47/h14-19H,1-13,31H2,(H2,32,41)(H,36,49)(H,37,48)(H,38,51)(H,39,50)(H,42,43)(H,44,45)(H,46,47)(H,53,54)(H4,33,34,35). The Morgan fingerprint density at radius 3 is 1.67 bits per heavy atom. The van der Waals surface area contributed by atoms with Crippen molar-refractivity contribution >= 4 is 65.3 Å². The number of hydrogen-bond donors (Lipinski definition) is 12. The number of guanidine groups is 1. The number of hydrogen-bond acceptors (Lipinski definition) is 12. The molecule has 0 aromatic heterocycles. The van der Waals surface area contributed by atoms with Crippen molar-refractivity contribution in [2.45, 2.75) is 107 Å². The summed E-state index contributed by atoms with van der Waals surface area (Å²) in [6, 6.07) is -9.13. The smallest absolute Gasteiger partial charge is 0.326 e. The van der Waals surface area contributed by atoms with Gasteiger partial charge < -0.3 is 69.5 Å². The van der Waals surface area contributed by atoms with Gasteiger partial charge in [0.05, 0.1) is 12.5 Å². The molecule has 0 radical (unpaired) electrons. The molecule has 302 valence electrons. The van der Waals surface area contributed by atoms with E-state index in [9.17, 15) is 58.2 Å². The van der Waals surface area contributed by atoms with Gasteiger partial charge in [0.15, 0.2) is 5.96 Å². The number of amides is 6. The van der Waals surface area contributed by atoms with Crippen LogP contribution < -0.4 is 44.2 Å². The van der Waals surface area contributed by atoms with Gasteiger partial charge in [0, 0.05) is 32.4 Å². The monoisotopic (exact) mass is 772 g/mol. The van der Waals surface area contributed by atoms with E-state index in [0.29, 0.717) is 6.42 Å². The van der Waals surface area contributed by atoms with Crippen molar-refractivity contribution in [2.24, 2.45) is 27.9 Å². The van der Waals surface area contributed by atoms with Gasteiger partial charge in [-0.1, -0.05) is 0 Å². The fourth-order valence-electron chi connectivity index (χ4n) is 5.24. The number of aliphatic carboxylic acids is 4. The van der Waals surface area contributed by atoms with Crippen LogP contribution in [0.3, 0.4) is 0 Å². The minimum absolute atomic E-state index is 0.0293. The predicted octanol–water partition coefficient (Wildman–Crippen LogP) is -5.15. The van der Waals surface area contributed by atoms with E-state index >= 15 is 0 Å². The Balaban J connectivity index is 3.33. The van der Waals surface area contributed by atoms with Crippen molar-refractivity contribution < 1.29 is 68.4 Å². The fraction of sp³-hybridized carbons (Fsp3) is 0.633. The van der Waals surface area contributed by atoms with E-state index in [2.05, 4.69) is 20.9 Å². The highest BCUT2D eigenvalue weighted by molar-refractivity contribution is 5.97. The highest BCUT2D eigenvalue weighted by Gasteiger charge is 2.38. The number of likely N-dealkylation sites (tertiary alicyclic amines) is 1. The second-order valence-electron chi connectivity index (χ2n) is 12.3. The first-order chi connectivity index (χ1) is 25.2. The molecule has 0 aliphatic carbocycles. The first-order valence-corrected chi connectivity index (χ1v) is 16.7. The van der Waals surface area contributed by atoms with Gasteiger partial charge in [-0.05, 0) is 44.9 Å². The summed E-state index contributed by atoms with van der Waals surface area (Å²) < 4.78 is 0. The number of aliphatic imine (C=N–C) groups is 1. The third kappa shape index (κ3) is 17.0. The maximum atomic E-state index is 13.6. The number of rotatable bonds is 25. The number of nitrogens with zero attached hydrogens (tertiary/aromatic N) is 2. The van der Waals surface area contributed by atoms with Crippen LogP contribution in [-0.2, 0) is 47.9 Å². The quantitative estimate of drug-likeness (QED) is 0.0234. The first-order valence-electron chi connectivity index (χ1n) is 16.7. The number of primary amides is 1. The molecular formula is C30H48N10O14. The molecule has 0 aromatic carbocycles. The molecule has 6 amide bonds. The minimum atomic E-state index is -1.93. The van der Waals surface area contributed by atoms with Crippen molar-refractivity contribution in [3.63, 3.8) is 0 Å². The number of nitrogens with two attached hydrogens (primary N) is 4. The second kappa shape index (κ2) is 22.8. The van der Waals surface area contributed by atoms with Crippen molar-refractivity contribution in [3.8, 4) is 0 Å². The lowest BCUT2D eigenvalue weighted by molar-refractivity contribution is -0.147. The topological polar surface area (TPSA) is 419 Å². The molecule has 6 unspecified atom stereocenters. The summed E-state index contributed by atoms with van der Waals surface area (Å²) >= 11 is 0. The van der Waals surface area contributed by atoms with Gasteiger partial charge in [0.1, 0.15) is 30.2 Å². The summed E-state index contributed by atoms with van der Waals surface area (Å²) in [6.45, 7) is 0.0398. The predicted molar refractivity (Wildman–Crippen MR) is 182 cm³/mol. The van der Waals surface area contributed by atoms with Crippen LogP contribution in [0, 0.1) is 0 Å². The molecular weight excluding hydrogens is 724 g/mol. The fourth-order valence-corrected chi connectivity index (χ4v) is 5.24. The summed E-state index contributed by atoms with van der Waals surface area (Å²) in [4.78, 5) is 128. The number of carbonyl (C=O) groups is 10. The van der Waals surface area contributed by atoms with Gasteiger partial charge in [0.2, 0.25) is 35.4 Å². The van der Waals surface area contributed by atoms with Crippen LogP contribution in [-0.4, -0.2) is 140 Å². The summed E-state index contributed by atoms with van der Waals surface area (Å²) in [5.41, 5.74) is 21.7. The summed E-state index contributed by atoms with van der Waals surface area (Å²) in [5.74, 6) is -11.9. The number of nitrogens with one attached hydrogen (secondary N) is 4. The van der Waals surface area contributed by atoms with Crippen LogP contribution in [0.5, 0.6) is 0 Å². The van der Waals surface area contributed by atoms with E-state index in [0.717, 1.165) is 4.90 Å². The Kier molecular flexibility index (Phi) is 19.4. The molecule has 0 spiro atoms. The molecule has 1 aliphatic heterocycles. The molecule has 1 saturated heterocycles. The van der Waals surface area contributed by atoms with Gasteiger partial charge in [-0.25, -0.2) is 4.79 Å². The number of carboxylic acids is 4. The average Bonchev–Trinajstić information content (AvgIpc) is 3.57. The molecule has 0 bridgehead atoms. The third-order valence-corrected chi connectivity index (χ3v) is 7.99. The minimum Gasteiger partial charge on any atom is -0.481 e. The molecule has 1 aliphatic rings. The summed E-state index contributed by atoms with van der Waals surface area (Å²) in [7, 11) is 0. The van der Waals surface area contributed by atoms with Crippen molar-refractivity contribution in [3.05, 3.63) is 0 Å². The van der Waals surface area contributed by atoms with E-state index in [1.54, 1.807) is 0 Å². The lowest BCUT2D eigenvalue weighted by Gasteiger charge is -2.29. The number of carboxylic acid groups (broad SMARTS) is 4. The zero-order chi connectivity index (χ0) is 41.1. The normalized spacial score (nSPS) is 16.3. The van der Waals surface area contributed by atoms with Gasteiger partial charge in [-0.2, -0.15) is 0 Å². The van der Waals surface area contributed by atoms with Crippen LogP contribution in [0.1, 0.15) is 70.6 Å². The van der Waals surface area contributed by atoms with Crippen molar-refractivity contribution in [2.75, 3.05) is 13.1 Å². The summed E-state index contributed by atoms with van der Waals surface area (Å²) in [6.07, 6.45) is -3.45. The molecule has 16 N–H and O–H groups in total. The Morgan fingerprint density at radius 1 is 0.667 bits per heavy atom. The van der Waals surface area contributed by atoms with Crippen LogP contribution >= 0.6 is 0 Å². The molecule has 1 fully saturated rings. The van der Waals surface area contributed by atoms with Crippen molar-refractivity contribution in [1.82, 2.24) is 26.2 Å². The van der Waals surface area contributed by atoms with Gasteiger partial charge in [0.25, 0.3) is 0 Å². The average molecular weight is 773 g/mol. The Hall–Kier alpha value is -6.07. The molecule has 0 saturated carbocycles. The summed E-state index contributed by atoms with van der Waals surface area (Å²) in [5, 5.41) is 45.6. The highest BCUT2D eigenvalue weighted by atomic mass is 16.4. The SMILES string of the molecule is NC(=O)CCC(NC(=O)C(CCCN=C(N)N)NC(=O)C(CCC(=O)O)NC(=O)C1CCCN1C(=O)C(N)CCC(=O)O)C(=O)NC(CC(=O)O)C(=O)O. The Labute approximate surface area is 307 Å². The Bertz CT molecular complexity index is 1450. The molecule has 6 atom stereocenters. The van der Waals surface area contributed by atoms with E-state index < -0.39 is 134 Å². The van der Waals surface area contributed by atoms with Crippen LogP contribution in [0.15, 0.2) is 4.99 Å².